The van der Waals surface area contributed by atoms with Crippen molar-refractivity contribution in [1.82, 2.24) is 5.06 Å². The van der Waals surface area contributed by atoms with E-state index in [2.05, 4.69) is 4.74 Å². The summed E-state index contributed by atoms with van der Waals surface area (Å²) in [6.45, 7) is 6.06. The maximum Gasteiger partial charge on any atom is 0.328 e. The summed E-state index contributed by atoms with van der Waals surface area (Å²) >= 11 is 0. The van der Waals surface area contributed by atoms with Crippen LogP contribution in [0, 0.1) is 0 Å². The lowest BCUT2D eigenvalue weighted by atomic mass is 10.1. The first-order valence-electron chi connectivity index (χ1n) is 3.90. The Bertz CT molecular complexity index is 152. The molecule has 0 aliphatic rings. The van der Waals surface area contributed by atoms with Gasteiger partial charge in [-0.2, -0.15) is 5.06 Å². The van der Waals surface area contributed by atoms with Crippen molar-refractivity contribution in [3.63, 3.8) is 0 Å². The van der Waals surface area contributed by atoms with Crippen LogP contribution in [0.3, 0.4) is 0 Å². The Labute approximate surface area is 73.4 Å². The zero-order valence-corrected chi connectivity index (χ0v) is 8.38. The molecule has 0 aromatic carbocycles. The topological polar surface area (TPSA) is 38.8 Å². The number of hydrogen-bond donors (Lipinski definition) is 0. The van der Waals surface area contributed by atoms with E-state index in [0.29, 0.717) is 6.54 Å². The molecule has 0 aromatic heterocycles. The molecule has 0 aliphatic heterocycles. The third-order valence-corrected chi connectivity index (χ3v) is 1.82. The Kier molecular flexibility index (Phi) is 4.20. The minimum absolute atomic E-state index is 0.300. The van der Waals surface area contributed by atoms with Gasteiger partial charge >= 0.3 is 5.97 Å². The predicted octanol–water partition coefficient (Wildman–Crippen LogP) is 0.821. The average molecular weight is 175 g/mol. The van der Waals surface area contributed by atoms with Crippen LogP contribution in [0.1, 0.15) is 20.8 Å². The Morgan fingerprint density at radius 3 is 2.17 bits per heavy atom. The molecule has 4 nitrogen and oxygen atoms in total. The number of hydrogen-bond acceptors (Lipinski definition) is 4. The normalized spacial score (nSPS) is 11.8. The third kappa shape index (κ3) is 2.19. The minimum atomic E-state index is -0.724. The molecule has 0 saturated heterocycles. The Morgan fingerprint density at radius 1 is 1.42 bits per heavy atom. The minimum Gasteiger partial charge on any atom is -0.468 e. The second-order valence-electron chi connectivity index (χ2n) is 2.93. The van der Waals surface area contributed by atoms with Crippen LogP contribution in [0.4, 0.5) is 0 Å². The zero-order valence-electron chi connectivity index (χ0n) is 8.38. The fourth-order valence-corrected chi connectivity index (χ4v) is 1.10. The van der Waals surface area contributed by atoms with Gasteiger partial charge in [0.2, 0.25) is 0 Å². The highest BCUT2D eigenvalue weighted by Gasteiger charge is 2.35. The largest absolute Gasteiger partial charge is 0.468 e. The maximum absolute atomic E-state index is 11.2. The number of ether oxygens (including phenoxy) is 1. The Balaban J connectivity index is 4.44. The molecule has 0 fully saturated rings. The number of carbonyl (C=O) groups is 1. The highest BCUT2D eigenvalue weighted by molar-refractivity contribution is 5.79. The molecule has 0 radical (unpaired) electrons. The second kappa shape index (κ2) is 4.42. The number of nitrogens with zero attached hydrogens (tertiary/aromatic N) is 1. The van der Waals surface area contributed by atoms with E-state index in [1.165, 1.54) is 14.2 Å². The maximum atomic E-state index is 11.2. The van der Waals surface area contributed by atoms with Crippen LogP contribution < -0.4 is 0 Å². The molecule has 72 valence electrons. The summed E-state index contributed by atoms with van der Waals surface area (Å²) in [5.41, 5.74) is -0.724. The van der Waals surface area contributed by atoms with Crippen LogP contribution in [0.25, 0.3) is 0 Å². The predicted molar refractivity (Wildman–Crippen MR) is 45.5 cm³/mol. The molecule has 0 aromatic rings. The van der Waals surface area contributed by atoms with E-state index in [1.54, 1.807) is 18.9 Å². The lowest BCUT2D eigenvalue weighted by Crippen LogP contribution is -2.49. The molecule has 0 atom stereocenters. The van der Waals surface area contributed by atoms with Crippen molar-refractivity contribution < 1.29 is 14.4 Å². The van der Waals surface area contributed by atoms with Gasteiger partial charge in [0.1, 0.15) is 5.54 Å². The number of likely N-dealkylation sites (N-methyl/N-ethyl adjacent to an activating group) is 1. The highest BCUT2D eigenvalue weighted by Crippen LogP contribution is 2.15. The van der Waals surface area contributed by atoms with Gasteiger partial charge < -0.3 is 9.57 Å². The molecule has 0 bridgehead atoms. The van der Waals surface area contributed by atoms with E-state index < -0.39 is 5.54 Å². The zero-order chi connectivity index (χ0) is 9.78. The van der Waals surface area contributed by atoms with Gasteiger partial charge in [0, 0.05) is 6.54 Å². The van der Waals surface area contributed by atoms with Crippen molar-refractivity contribution in [2.75, 3.05) is 20.8 Å². The van der Waals surface area contributed by atoms with Crippen molar-refractivity contribution in [2.45, 2.75) is 26.3 Å². The molecular weight excluding hydrogens is 158 g/mol. The summed E-state index contributed by atoms with van der Waals surface area (Å²) in [5, 5.41) is 1.57. The summed E-state index contributed by atoms with van der Waals surface area (Å²) < 4.78 is 4.64. The van der Waals surface area contributed by atoms with E-state index >= 15 is 0 Å². The first-order chi connectivity index (χ1) is 5.50. The summed E-state index contributed by atoms with van der Waals surface area (Å²) in [6.07, 6.45) is 0. The van der Waals surface area contributed by atoms with E-state index in [0.717, 1.165) is 0 Å². The monoisotopic (exact) mass is 175 g/mol. The van der Waals surface area contributed by atoms with Crippen molar-refractivity contribution in [2.24, 2.45) is 0 Å². The van der Waals surface area contributed by atoms with Crippen molar-refractivity contribution >= 4 is 5.97 Å². The molecule has 0 aliphatic carbocycles. The Morgan fingerprint density at radius 2 is 1.92 bits per heavy atom. The number of rotatable bonds is 4. The van der Waals surface area contributed by atoms with Crippen molar-refractivity contribution in [1.29, 1.82) is 0 Å². The number of hydroxylamine groups is 2. The second-order valence-corrected chi connectivity index (χ2v) is 2.93. The third-order valence-electron chi connectivity index (χ3n) is 1.82. The van der Waals surface area contributed by atoms with Crippen LogP contribution in [0.5, 0.6) is 0 Å². The van der Waals surface area contributed by atoms with Gasteiger partial charge in [0.15, 0.2) is 0 Å². The molecule has 4 heteroatoms. The molecule has 0 N–H and O–H groups in total. The van der Waals surface area contributed by atoms with Crippen LogP contribution in [-0.4, -0.2) is 37.3 Å². The van der Waals surface area contributed by atoms with Crippen molar-refractivity contribution in [3.8, 4) is 0 Å². The lowest BCUT2D eigenvalue weighted by molar-refractivity contribution is -0.207. The molecule has 0 unspecified atom stereocenters. The molecule has 12 heavy (non-hydrogen) atoms. The standard InChI is InChI=1S/C8H17NO3/c1-6-9(12-5)8(2,3)7(10)11-4/h6H2,1-5H3. The number of esters is 1. The van der Waals surface area contributed by atoms with E-state index in [9.17, 15) is 4.79 Å². The quantitative estimate of drug-likeness (QED) is 0.468. The summed E-state index contributed by atoms with van der Waals surface area (Å²) in [6, 6.07) is 0. The van der Waals surface area contributed by atoms with Crippen LogP contribution >= 0.6 is 0 Å². The smallest absolute Gasteiger partial charge is 0.328 e. The van der Waals surface area contributed by atoms with Crippen LogP contribution in [0.15, 0.2) is 0 Å². The summed E-state index contributed by atoms with van der Waals surface area (Å²) in [7, 11) is 2.90. The fourth-order valence-electron chi connectivity index (χ4n) is 1.10. The van der Waals surface area contributed by atoms with Gasteiger partial charge in [-0.05, 0) is 13.8 Å². The van der Waals surface area contributed by atoms with Crippen LogP contribution in [0.2, 0.25) is 0 Å². The number of carbonyl (C=O) groups excluding carboxylic acids is 1. The van der Waals surface area contributed by atoms with Crippen LogP contribution in [-0.2, 0) is 14.4 Å². The SMILES string of the molecule is CCN(OC)C(C)(C)C(=O)OC. The van der Waals surface area contributed by atoms with Gasteiger partial charge in [-0.15, -0.1) is 0 Å². The molecule has 0 rings (SSSR count). The lowest BCUT2D eigenvalue weighted by Gasteiger charge is -2.32. The number of methoxy groups -OCH3 is 1. The fraction of sp³-hybridized carbons (Fsp3) is 0.875. The molecule has 0 heterocycles. The van der Waals surface area contributed by atoms with Gasteiger partial charge in [0.25, 0.3) is 0 Å². The molecule has 0 saturated carbocycles. The van der Waals surface area contributed by atoms with E-state index in [1.807, 2.05) is 6.92 Å². The highest BCUT2D eigenvalue weighted by atomic mass is 16.7. The molecule has 0 amide bonds. The molecule has 0 spiro atoms. The first-order valence-corrected chi connectivity index (χ1v) is 3.90. The molecular formula is C8H17NO3. The van der Waals surface area contributed by atoms with Gasteiger partial charge in [-0.25, -0.2) is 4.79 Å². The first kappa shape index (κ1) is 11.4. The summed E-state index contributed by atoms with van der Waals surface area (Å²) in [5.74, 6) is -0.300. The van der Waals surface area contributed by atoms with E-state index in [-0.39, 0.29) is 5.97 Å². The van der Waals surface area contributed by atoms with Gasteiger partial charge in [-0.3, -0.25) is 0 Å². The average Bonchev–Trinajstić information content (AvgIpc) is 2.04. The summed E-state index contributed by atoms with van der Waals surface area (Å²) in [4.78, 5) is 16.3. The van der Waals surface area contributed by atoms with Gasteiger partial charge in [-0.1, -0.05) is 6.92 Å². The van der Waals surface area contributed by atoms with Gasteiger partial charge in [0.05, 0.1) is 14.2 Å². The Hall–Kier alpha value is -0.610. The van der Waals surface area contributed by atoms with E-state index in [4.69, 9.17) is 4.84 Å². The van der Waals surface area contributed by atoms with Crippen molar-refractivity contribution in [3.05, 3.63) is 0 Å².